The lowest BCUT2D eigenvalue weighted by Gasteiger charge is -2.20. The van der Waals surface area contributed by atoms with Gasteiger partial charge in [-0.05, 0) is 25.8 Å². The van der Waals surface area contributed by atoms with Crippen LogP contribution in [-0.2, 0) is 0 Å². The molecule has 1 aliphatic rings. The van der Waals surface area contributed by atoms with Crippen molar-refractivity contribution in [2.45, 2.75) is 37.7 Å². The molecule has 0 saturated heterocycles. The summed E-state index contributed by atoms with van der Waals surface area (Å²) >= 11 is 0. The summed E-state index contributed by atoms with van der Waals surface area (Å²) in [6, 6.07) is 0. The number of aliphatic hydroxyl groups is 1. The van der Waals surface area contributed by atoms with Gasteiger partial charge in [-0.3, -0.25) is 0 Å². The van der Waals surface area contributed by atoms with E-state index in [1.54, 1.807) is 0 Å². The van der Waals surface area contributed by atoms with Crippen LogP contribution in [0.2, 0.25) is 0 Å². The Morgan fingerprint density at radius 2 is 2.36 bits per heavy atom. The molecule has 0 radical (unpaired) electrons. The number of aromatic nitrogens is 2. The fraction of sp³-hybridized carbons (Fsp3) is 0.778. The van der Waals surface area contributed by atoms with Gasteiger partial charge in [0, 0.05) is 5.92 Å². The fourth-order valence-electron chi connectivity index (χ4n) is 1.50. The van der Waals surface area contributed by atoms with Crippen molar-refractivity contribution in [3.8, 4) is 0 Å². The topological polar surface area (TPSA) is 85.2 Å². The normalized spacial score (nSPS) is 19.3. The van der Waals surface area contributed by atoms with Gasteiger partial charge in [-0.1, -0.05) is 11.6 Å². The summed E-state index contributed by atoms with van der Waals surface area (Å²) in [5.74, 6) is 1.48. The molecule has 0 aliphatic heterocycles. The Bertz CT molecular complexity index is 296. The Labute approximate surface area is 82.3 Å². The van der Waals surface area contributed by atoms with Crippen LogP contribution in [0.15, 0.2) is 4.52 Å². The number of aliphatic hydroxyl groups excluding tert-OH is 1. The molecule has 0 bridgehead atoms. The van der Waals surface area contributed by atoms with Gasteiger partial charge >= 0.3 is 0 Å². The lowest BCUT2D eigenvalue weighted by molar-refractivity contribution is 0.127. The van der Waals surface area contributed by atoms with Crippen molar-refractivity contribution < 1.29 is 9.63 Å². The minimum Gasteiger partial charge on any atom is -0.383 e. The molecule has 1 saturated carbocycles. The van der Waals surface area contributed by atoms with Gasteiger partial charge in [0.15, 0.2) is 5.82 Å². The molecule has 1 unspecified atom stereocenters. The van der Waals surface area contributed by atoms with Crippen LogP contribution in [-0.4, -0.2) is 21.8 Å². The Balaban J connectivity index is 2.01. The summed E-state index contributed by atoms with van der Waals surface area (Å²) in [6.07, 6.45) is 3.26. The van der Waals surface area contributed by atoms with E-state index in [2.05, 4.69) is 10.1 Å². The highest BCUT2D eigenvalue weighted by atomic mass is 16.5. The van der Waals surface area contributed by atoms with Crippen molar-refractivity contribution in [2.75, 3.05) is 6.54 Å². The van der Waals surface area contributed by atoms with Crippen LogP contribution in [0, 0.1) is 0 Å². The maximum Gasteiger partial charge on any atom is 0.255 e. The fourth-order valence-corrected chi connectivity index (χ4v) is 1.50. The molecular weight excluding hydrogens is 182 g/mol. The van der Waals surface area contributed by atoms with E-state index in [0.717, 1.165) is 18.7 Å². The average Bonchev–Trinajstić information content (AvgIpc) is 2.50. The van der Waals surface area contributed by atoms with Crippen LogP contribution in [0.4, 0.5) is 0 Å². The maximum absolute atomic E-state index is 9.53. The number of nitrogens with two attached hydrogens (primary N) is 1. The van der Waals surface area contributed by atoms with E-state index < -0.39 is 6.10 Å². The van der Waals surface area contributed by atoms with Crippen molar-refractivity contribution >= 4 is 0 Å². The van der Waals surface area contributed by atoms with E-state index in [1.165, 1.54) is 6.42 Å². The smallest absolute Gasteiger partial charge is 0.255 e. The average molecular weight is 197 g/mol. The van der Waals surface area contributed by atoms with Crippen molar-refractivity contribution in [1.29, 1.82) is 0 Å². The Morgan fingerprint density at radius 1 is 1.57 bits per heavy atom. The van der Waals surface area contributed by atoms with Gasteiger partial charge in [0.1, 0.15) is 6.10 Å². The molecule has 2 rings (SSSR count). The van der Waals surface area contributed by atoms with Gasteiger partial charge in [-0.2, -0.15) is 4.98 Å². The Hall–Kier alpha value is -0.940. The van der Waals surface area contributed by atoms with Gasteiger partial charge in [0.2, 0.25) is 0 Å². The molecule has 5 nitrogen and oxygen atoms in total. The lowest BCUT2D eigenvalue weighted by atomic mass is 9.85. The second-order valence-electron chi connectivity index (χ2n) is 3.71. The standard InChI is InChI=1S/C9H15N3O2/c10-5-4-7(13)9-11-8(12-14-9)6-2-1-3-6/h6-7,13H,1-5,10H2. The van der Waals surface area contributed by atoms with Crippen LogP contribution in [0.25, 0.3) is 0 Å². The van der Waals surface area contributed by atoms with E-state index in [4.69, 9.17) is 10.3 Å². The highest BCUT2D eigenvalue weighted by molar-refractivity contribution is 5.00. The quantitative estimate of drug-likeness (QED) is 0.742. The summed E-state index contributed by atoms with van der Waals surface area (Å²) in [5.41, 5.74) is 5.32. The minimum atomic E-state index is -0.707. The van der Waals surface area contributed by atoms with Crippen molar-refractivity contribution in [3.05, 3.63) is 11.7 Å². The van der Waals surface area contributed by atoms with Crippen molar-refractivity contribution in [1.82, 2.24) is 10.1 Å². The van der Waals surface area contributed by atoms with E-state index >= 15 is 0 Å². The first kappa shape index (κ1) is 9.61. The van der Waals surface area contributed by atoms with Crippen LogP contribution in [0.5, 0.6) is 0 Å². The molecule has 3 N–H and O–H groups in total. The summed E-state index contributed by atoms with van der Waals surface area (Å²) < 4.78 is 4.97. The molecule has 1 fully saturated rings. The van der Waals surface area contributed by atoms with Gasteiger partial charge in [0.25, 0.3) is 5.89 Å². The van der Waals surface area contributed by atoms with Gasteiger partial charge in [0.05, 0.1) is 0 Å². The molecule has 78 valence electrons. The van der Waals surface area contributed by atoms with Crippen LogP contribution < -0.4 is 5.73 Å². The number of hydrogen-bond acceptors (Lipinski definition) is 5. The molecule has 0 amide bonds. The van der Waals surface area contributed by atoms with Gasteiger partial charge < -0.3 is 15.4 Å². The molecule has 1 aromatic heterocycles. The number of hydrogen-bond donors (Lipinski definition) is 2. The molecule has 1 aliphatic carbocycles. The molecule has 1 atom stereocenters. The van der Waals surface area contributed by atoms with Crippen LogP contribution in [0.1, 0.15) is 49.4 Å². The molecular formula is C9H15N3O2. The molecule has 0 spiro atoms. The summed E-state index contributed by atoms with van der Waals surface area (Å²) in [6.45, 7) is 0.419. The number of nitrogens with zero attached hydrogens (tertiary/aromatic N) is 2. The summed E-state index contributed by atoms with van der Waals surface area (Å²) in [7, 11) is 0. The minimum absolute atomic E-state index is 0.303. The third-order valence-electron chi connectivity index (χ3n) is 2.65. The van der Waals surface area contributed by atoms with Crippen LogP contribution in [0.3, 0.4) is 0 Å². The van der Waals surface area contributed by atoms with E-state index in [1.807, 2.05) is 0 Å². The van der Waals surface area contributed by atoms with Crippen molar-refractivity contribution in [3.63, 3.8) is 0 Å². The molecule has 5 heteroatoms. The zero-order chi connectivity index (χ0) is 9.97. The highest BCUT2D eigenvalue weighted by Gasteiger charge is 2.26. The zero-order valence-corrected chi connectivity index (χ0v) is 8.02. The van der Waals surface area contributed by atoms with Gasteiger partial charge in [-0.25, -0.2) is 0 Å². The van der Waals surface area contributed by atoms with Crippen LogP contribution >= 0.6 is 0 Å². The second-order valence-corrected chi connectivity index (χ2v) is 3.71. The third kappa shape index (κ3) is 1.78. The Kier molecular flexibility index (Phi) is 2.79. The summed E-state index contributed by atoms with van der Waals surface area (Å²) in [4.78, 5) is 4.17. The summed E-state index contributed by atoms with van der Waals surface area (Å²) in [5, 5.41) is 13.4. The SMILES string of the molecule is NCCC(O)c1nc(C2CCC2)no1. The predicted octanol–water partition coefficient (Wildman–Crippen LogP) is 0.719. The Morgan fingerprint density at radius 3 is 2.93 bits per heavy atom. The predicted molar refractivity (Wildman–Crippen MR) is 49.5 cm³/mol. The third-order valence-corrected chi connectivity index (χ3v) is 2.65. The molecule has 14 heavy (non-hydrogen) atoms. The first-order valence-electron chi connectivity index (χ1n) is 5.03. The molecule has 1 aromatic rings. The lowest BCUT2D eigenvalue weighted by Crippen LogP contribution is -2.11. The highest BCUT2D eigenvalue weighted by Crippen LogP contribution is 2.34. The van der Waals surface area contributed by atoms with E-state index in [-0.39, 0.29) is 0 Å². The monoisotopic (exact) mass is 197 g/mol. The van der Waals surface area contributed by atoms with Crippen molar-refractivity contribution in [2.24, 2.45) is 5.73 Å². The zero-order valence-electron chi connectivity index (χ0n) is 8.02. The second kappa shape index (κ2) is 4.06. The van der Waals surface area contributed by atoms with E-state index in [9.17, 15) is 5.11 Å². The van der Waals surface area contributed by atoms with Gasteiger partial charge in [-0.15, -0.1) is 0 Å². The first-order valence-corrected chi connectivity index (χ1v) is 5.03. The first-order chi connectivity index (χ1) is 6.81. The van der Waals surface area contributed by atoms with E-state index in [0.29, 0.717) is 24.8 Å². The number of rotatable bonds is 4. The largest absolute Gasteiger partial charge is 0.383 e. The maximum atomic E-state index is 9.53. The molecule has 0 aromatic carbocycles. The molecule has 1 heterocycles.